The van der Waals surface area contributed by atoms with Crippen molar-refractivity contribution in [2.24, 2.45) is 7.05 Å². The van der Waals surface area contributed by atoms with Gasteiger partial charge in [0.25, 0.3) is 5.91 Å². The molecule has 0 radical (unpaired) electrons. The summed E-state index contributed by atoms with van der Waals surface area (Å²) in [5.41, 5.74) is 4.16. The van der Waals surface area contributed by atoms with Crippen LogP contribution in [0.1, 0.15) is 21.6 Å². The average molecular weight is 365 g/mol. The molecule has 3 heterocycles. The number of amides is 1. The first-order chi connectivity index (χ1) is 13.1. The SMILES string of the molecule is Cc1nn(C)c2ncc(C(=O)Nc3ccc(CN4CCOCC4)cc3)cc12. The van der Waals surface area contributed by atoms with Crippen molar-refractivity contribution in [2.45, 2.75) is 13.5 Å². The van der Waals surface area contributed by atoms with E-state index in [1.807, 2.05) is 32.2 Å². The maximum absolute atomic E-state index is 12.6. The number of morpholine rings is 1. The molecule has 0 saturated carbocycles. The summed E-state index contributed by atoms with van der Waals surface area (Å²) in [6.45, 7) is 6.33. The second kappa shape index (κ2) is 7.46. The number of carbonyl (C=O) groups excluding carboxylic acids is 1. The van der Waals surface area contributed by atoms with E-state index < -0.39 is 0 Å². The molecule has 1 N–H and O–H groups in total. The summed E-state index contributed by atoms with van der Waals surface area (Å²) >= 11 is 0. The van der Waals surface area contributed by atoms with Gasteiger partial charge >= 0.3 is 0 Å². The fourth-order valence-corrected chi connectivity index (χ4v) is 3.35. The summed E-state index contributed by atoms with van der Waals surface area (Å²) in [6, 6.07) is 9.83. The van der Waals surface area contributed by atoms with Crippen molar-refractivity contribution in [3.05, 3.63) is 53.3 Å². The lowest BCUT2D eigenvalue weighted by atomic mass is 10.1. The second-order valence-electron chi connectivity index (χ2n) is 6.84. The van der Waals surface area contributed by atoms with Gasteiger partial charge in [-0.3, -0.25) is 14.4 Å². The molecular formula is C20H23N5O2. The van der Waals surface area contributed by atoms with Crippen molar-refractivity contribution in [1.29, 1.82) is 0 Å². The summed E-state index contributed by atoms with van der Waals surface area (Å²) in [5, 5.41) is 8.18. The van der Waals surface area contributed by atoms with Gasteiger partial charge in [-0.2, -0.15) is 5.10 Å². The molecule has 0 unspecified atom stereocenters. The summed E-state index contributed by atoms with van der Waals surface area (Å²) in [4.78, 5) is 19.3. The fourth-order valence-electron chi connectivity index (χ4n) is 3.35. The highest BCUT2D eigenvalue weighted by Crippen LogP contribution is 2.18. The maximum atomic E-state index is 12.6. The Labute approximate surface area is 157 Å². The Morgan fingerprint density at radius 3 is 2.70 bits per heavy atom. The van der Waals surface area contributed by atoms with Gasteiger partial charge in [0.15, 0.2) is 5.65 Å². The molecule has 3 aromatic rings. The number of benzene rings is 1. The van der Waals surface area contributed by atoms with Gasteiger partial charge < -0.3 is 10.1 Å². The summed E-state index contributed by atoms with van der Waals surface area (Å²) in [7, 11) is 1.85. The fraction of sp³-hybridized carbons (Fsp3) is 0.350. The van der Waals surface area contributed by atoms with Gasteiger partial charge in [0.05, 0.1) is 24.5 Å². The van der Waals surface area contributed by atoms with Gasteiger partial charge in [-0.15, -0.1) is 0 Å². The van der Waals surface area contributed by atoms with Crippen LogP contribution in [0.25, 0.3) is 11.0 Å². The highest BCUT2D eigenvalue weighted by Gasteiger charge is 2.13. The van der Waals surface area contributed by atoms with Crippen molar-refractivity contribution >= 4 is 22.6 Å². The number of fused-ring (bicyclic) bond motifs is 1. The molecule has 1 saturated heterocycles. The smallest absolute Gasteiger partial charge is 0.257 e. The number of hydrogen-bond acceptors (Lipinski definition) is 5. The van der Waals surface area contributed by atoms with Crippen molar-refractivity contribution in [1.82, 2.24) is 19.7 Å². The van der Waals surface area contributed by atoms with Crippen LogP contribution in [-0.2, 0) is 18.3 Å². The van der Waals surface area contributed by atoms with Crippen molar-refractivity contribution in [2.75, 3.05) is 31.6 Å². The summed E-state index contributed by atoms with van der Waals surface area (Å²) in [6.07, 6.45) is 1.59. The van der Waals surface area contributed by atoms with Crippen LogP contribution in [-0.4, -0.2) is 51.9 Å². The Bertz CT molecular complexity index is 958. The van der Waals surface area contributed by atoms with Crippen molar-refractivity contribution < 1.29 is 9.53 Å². The number of pyridine rings is 1. The van der Waals surface area contributed by atoms with Crippen LogP contribution in [0, 0.1) is 6.92 Å². The number of aryl methyl sites for hydroxylation is 2. The van der Waals surface area contributed by atoms with Gasteiger partial charge in [0.2, 0.25) is 0 Å². The number of rotatable bonds is 4. The number of hydrogen-bond donors (Lipinski definition) is 1. The predicted molar refractivity (Wildman–Crippen MR) is 104 cm³/mol. The van der Waals surface area contributed by atoms with E-state index >= 15 is 0 Å². The van der Waals surface area contributed by atoms with Gasteiger partial charge in [-0.25, -0.2) is 4.98 Å². The Hall–Kier alpha value is -2.77. The first-order valence-corrected chi connectivity index (χ1v) is 9.10. The first kappa shape index (κ1) is 17.6. The zero-order valence-corrected chi connectivity index (χ0v) is 15.6. The zero-order chi connectivity index (χ0) is 18.8. The van der Waals surface area contributed by atoms with E-state index in [1.54, 1.807) is 10.9 Å². The van der Waals surface area contributed by atoms with Gasteiger partial charge in [0, 0.05) is 44.0 Å². The quantitative estimate of drug-likeness (QED) is 0.768. The molecule has 1 amide bonds. The van der Waals surface area contributed by atoms with Crippen LogP contribution in [0.2, 0.25) is 0 Å². The molecule has 7 heteroatoms. The molecule has 7 nitrogen and oxygen atoms in total. The summed E-state index contributed by atoms with van der Waals surface area (Å²) < 4.78 is 7.10. The van der Waals surface area contributed by atoms with Gasteiger partial charge in [-0.1, -0.05) is 12.1 Å². The highest BCUT2D eigenvalue weighted by molar-refractivity contribution is 6.05. The lowest BCUT2D eigenvalue weighted by Crippen LogP contribution is -2.35. The lowest BCUT2D eigenvalue weighted by Gasteiger charge is -2.26. The highest BCUT2D eigenvalue weighted by atomic mass is 16.5. The number of anilines is 1. The van der Waals surface area contributed by atoms with E-state index in [2.05, 4.69) is 32.4 Å². The molecule has 0 atom stereocenters. The molecule has 4 rings (SSSR count). The standard InChI is InChI=1S/C20H23N5O2/c1-14-18-11-16(12-21-19(18)24(2)23-14)20(26)22-17-5-3-15(4-6-17)13-25-7-9-27-10-8-25/h3-6,11-12H,7-10,13H2,1-2H3,(H,22,26). The molecule has 1 fully saturated rings. The lowest BCUT2D eigenvalue weighted by molar-refractivity contribution is 0.0342. The van der Waals surface area contributed by atoms with Crippen LogP contribution < -0.4 is 5.32 Å². The van der Waals surface area contributed by atoms with Gasteiger partial charge in [0.1, 0.15) is 0 Å². The van der Waals surface area contributed by atoms with E-state index in [0.717, 1.165) is 55.3 Å². The molecular weight excluding hydrogens is 342 g/mol. The van der Waals surface area contributed by atoms with E-state index in [4.69, 9.17) is 4.74 Å². The number of nitrogens with one attached hydrogen (secondary N) is 1. The van der Waals surface area contributed by atoms with Crippen LogP contribution in [0.5, 0.6) is 0 Å². The largest absolute Gasteiger partial charge is 0.379 e. The molecule has 2 aromatic heterocycles. The van der Waals surface area contributed by atoms with Crippen LogP contribution in [0.15, 0.2) is 36.5 Å². The number of ether oxygens (including phenoxy) is 1. The van der Waals surface area contributed by atoms with Crippen molar-refractivity contribution in [3.63, 3.8) is 0 Å². The van der Waals surface area contributed by atoms with Crippen LogP contribution in [0.3, 0.4) is 0 Å². The van der Waals surface area contributed by atoms with E-state index in [1.165, 1.54) is 5.56 Å². The monoisotopic (exact) mass is 365 g/mol. The minimum absolute atomic E-state index is 0.173. The van der Waals surface area contributed by atoms with Gasteiger partial charge in [-0.05, 0) is 30.7 Å². The molecule has 1 aliphatic heterocycles. The van der Waals surface area contributed by atoms with Crippen molar-refractivity contribution in [3.8, 4) is 0 Å². The average Bonchev–Trinajstić information content (AvgIpc) is 2.97. The third kappa shape index (κ3) is 3.84. The number of nitrogens with zero attached hydrogens (tertiary/aromatic N) is 4. The number of carbonyl (C=O) groups is 1. The van der Waals surface area contributed by atoms with Crippen LogP contribution >= 0.6 is 0 Å². The topological polar surface area (TPSA) is 72.3 Å². The minimum atomic E-state index is -0.173. The Morgan fingerprint density at radius 2 is 1.96 bits per heavy atom. The summed E-state index contributed by atoms with van der Waals surface area (Å²) in [5.74, 6) is -0.173. The number of aromatic nitrogens is 3. The minimum Gasteiger partial charge on any atom is -0.379 e. The normalized spacial score (nSPS) is 15.2. The molecule has 27 heavy (non-hydrogen) atoms. The molecule has 1 aliphatic rings. The molecule has 0 spiro atoms. The third-order valence-electron chi connectivity index (χ3n) is 4.85. The first-order valence-electron chi connectivity index (χ1n) is 9.10. The van der Waals surface area contributed by atoms with E-state index in [9.17, 15) is 4.79 Å². The maximum Gasteiger partial charge on any atom is 0.257 e. The van der Waals surface area contributed by atoms with E-state index in [-0.39, 0.29) is 5.91 Å². The third-order valence-corrected chi connectivity index (χ3v) is 4.85. The Balaban J connectivity index is 1.44. The van der Waals surface area contributed by atoms with Crippen LogP contribution in [0.4, 0.5) is 5.69 Å². The molecule has 0 bridgehead atoms. The van der Waals surface area contributed by atoms with E-state index in [0.29, 0.717) is 5.56 Å². The second-order valence-corrected chi connectivity index (χ2v) is 6.84. The Kier molecular flexibility index (Phi) is 4.87. The zero-order valence-electron chi connectivity index (χ0n) is 15.6. The molecule has 1 aromatic carbocycles. The molecule has 140 valence electrons. The molecule has 0 aliphatic carbocycles. The predicted octanol–water partition coefficient (Wildman–Crippen LogP) is 2.36. The Morgan fingerprint density at radius 1 is 1.22 bits per heavy atom.